The van der Waals surface area contributed by atoms with Crippen molar-refractivity contribution in [2.24, 2.45) is 0 Å². The number of aryl methyl sites for hydroxylation is 1. The average molecular weight is 215 g/mol. The first-order valence-corrected chi connectivity index (χ1v) is 4.89. The predicted molar refractivity (Wildman–Crippen MR) is 55.4 cm³/mol. The zero-order valence-corrected chi connectivity index (χ0v) is 8.72. The minimum absolute atomic E-state index is 0.403. The Labute approximate surface area is 87.9 Å². The van der Waals surface area contributed by atoms with Gasteiger partial charge in [0.25, 0.3) is 0 Å². The molecule has 0 amide bonds. The Morgan fingerprint density at radius 3 is 2.86 bits per heavy atom. The Hall–Kier alpha value is -0.890. The van der Waals surface area contributed by atoms with Crippen molar-refractivity contribution in [1.82, 2.24) is 0 Å². The number of aldehydes is 1. The fourth-order valence-electron chi connectivity index (χ4n) is 1.46. The smallest absolute Gasteiger partial charge is 0.124 e. The lowest BCUT2D eigenvalue weighted by atomic mass is 10.0. The summed E-state index contributed by atoms with van der Waals surface area (Å²) in [6.45, 7) is 1.45. The van der Waals surface area contributed by atoms with Gasteiger partial charge in [0.05, 0.1) is 0 Å². The summed E-state index contributed by atoms with van der Waals surface area (Å²) in [4.78, 5) is 10.2. The Morgan fingerprint density at radius 1 is 1.57 bits per heavy atom. The van der Waals surface area contributed by atoms with E-state index in [2.05, 4.69) is 0 Å². The van der Waals surface area contributed by atoms with Crippen molar-refractivity contribution in [3.05, 3.63) is 34.3 Å². The van der Waals surface area contributed by atoms with E-state index in [-0.39, 0.29) is 0 Å². The van der Waals surface area contributed by atoms with Crippen LogP contribution in [0.5, 0.6) is 0 Å². The molecule has 0 N–H and O–H groups in total. The van der Waals surface area contributed by atoms with E-state index in [0.717, 1.165) is 11.8 Å². The van der Waals surface area contributed by atoms with Crippen molar-refractivity contribution in [2.75, 3.05) is 0 Å². The van der Waals surface area contributed by atoms with Crippen LogP contribution in [0.25, 0.3) is 0 Å². The lowest BCUT2D eigenvalue weighted by Crippen LogP contribution is -1.97. The third-order valence-corrected chi connectivity index (χ3v) is 2.40. The molecule has 1 aromatic rings. The van der Waals surface area contributed by atoms with E-state index in [1.54, 1.807) is 18.2 Å². The summed E-state index contributed by atoms with van der Waals surface area (Å²) in [6, 6.07) is 5.24. The van der Waals surface area contributed by atoms with Crippen LogP contribution in [0, 0.1) is 0 Å². The Kier molecular flexibility index (Phi) is 4.08. The molecule has 0 fully saturated rings. The molecule has 0 aliphatic heterocycles. The number of benzene rings is 1. The van der Waals surface area contributed by atoms with E-state index in [1.165, 1.54) is 6.92 Å². The normalized spacial score (nSPS) is 12.5. The van der Waals surface area contributed by atoms with E-state index in [9.17, 15) is 9.18 Å². The fourth-order valence-corrected chi connectivity index (χ4v) is 1.80. The van der Waals surface area contributed by atoms with Gasteiger partial charge in [0, 0.05) is 17.0 Å². The van der Waals surface area contributed by atoms with Gasteiger partial charge in [-0.25, -0.2) is 4.39 Å². The molecule has 1 nitrogen and oxygen atoms in total. The molecule has 0 spiro atoms. The number of carbonyl (C=O) groups excluding carboxylic acids is 1. The highest BCUT2D eigenvalue weighted by atomic mass is 35.5. The molecule has 3 heteroatoms. The molecule has 0 heterocycles. The van der Waals surface area contributed by atoms with Crippen LogP contribution in [0.3, 0.4) is 0 Å². The number of halogens is 2. The van der Waals surface area contributed by atoms with Gasteiger partial charge in [-0.05, 0) is 25.0 Å². The summed E-state index contributed by atoms with van der Waals surface area (Å²) in [6.07, 6.45) is 0.687. The quantitative estimate of drug-likeness (QED) is 0.702. The molecule has 0 aromatic heterocycles. The number of hydrogen-bond donors (Lipinski definition) is 0. The Morgan fingerprint density at radius 2 is 2.29 bits per heavy atom. The largest absolute Gasteiger partial charge is 0.303 e. The highest BCUT2D eigenvalue weighted by molar-refractivity contribution is 6.31. The van der Waals surface area contributed by atoms with E-state index in [0.29, 0.717) is 23.4 Å². The van der Waals surface area contributed by atoms with Crippen LogP contribution in [0.1, 0.15) is 30.6 Å². The van der Waals surface area contributed by atoms with Gasteiger partial charge in [0.15, 0.2) is 0 Å². The first-order valence-electron chi connectivity index (χ1n) is 4.51. The molecular formula is C11H12ClFO. The van der Waals surface area contributed by atoms with Gasteiger partial charge < -0.3 is 4.79 Å². The van der Waals surface area contributed by atoms with Crippen molar-refractivity contribution in [2.45, 2.75) is 25.9 Å². The van der Waals surface area contributed by atoms with Gasteiger partial charge in [-0.3, -0.25) is 0 Å². The van der Waals surface area contributed by atoms with Crippen LogP contribution in [0.4, 0.5) is 4.39 Å². The minimum atomic E-state index is -1.09. The van der Waals surface area contributed by atoms with Crippen LogP contribution in [0.15, 0.2) is 18.2 Å². The molecule has 0 radical (unpaired) electrons. The van der Waals surface area contributed by atoms with Gasteiger partial charge >= 0.3 is 0 Å². The Balaban J connectivity index is 3.01. The van der Waals surface area contributed by atoms with Gasteiger partial charge in [-0.15, -0.1) is 0 Å². The fraction of sp³-hybridized carbons (Fsp3) is 0.364. The van der Waals surface area contributed by atoms with Gasteiger partial charge in [0.1, 0.15) is 12.5 Å². The first-order chi connectivity index (χ1) is 6.66. The zero-order valence-electron chi connectivity index (χ0n) is 7.97. The van der Waals surface area contributed by atoms with Crippen LogP contribution in [-0.4, -0.2) is 6.29 Å². The van der Waals surface area contributed by atoms with E-state index < -0.39 is 6.17 Å². The van der Waals surface area contributed by atoms with Crippen LogP contribution < -0.4 is 0 Å². The van der Waals surface area contributed by atoms with Crippen molar-refractivity contribution < 1.29 is 9.18 Å². The van der Waals surface area contributed by atoms with E-state index in [4.69, 9.17) is 11.6 Å². The average Bonchev–Trinajstić information content (AvgIpc) is 2.14. The summed E-state index contributed by atoms with van der Waals surface area (Å²) in [7, 11) is 0. The number of rotatable bonds is 4. The molecule has 0 saturated heterocycles. The third kappa shape index (κ3) is 2.55. The molecule has 0 aliphatic carbocycles. The van der Waals surface area contributed by atoms with Crippen molar-refractivity contribution in [1.29, 1.82) is 0 Å². The van der Waals surface area contributed by atoms with E-state index >= 15 is 0 Å². The lowest BCUT2D eigenvalue weighted by molar-refractivity contribution is -0.107. The van der Waals surface area contributed by atoms with Gasteiger partial charge in [-0.1, -0.05) is 23.7 Å². The minimum Gasteiger partial charge on any atom is -0.303 e. The standard InChI is InChI=1S/C11H12ClFO/c1-8(13)11-9(5-3-7-14)4-2-6-10(11)12/h2,4,6-8H,3,5H2,1H3. The summed E-state index contributed by atoms with van der Waals surface area (Å²) in [5.41, 5.74) is 1.33. The molecule has 0 aliphatic rings. The summed E-state index contributed by atoms with van der Waals surface area (Å²) in [5, 5.41) is 0.434. The second kappa shape index (κ2) is 5.11. The number of alkyl halides is 1. The summed E-state index contributed by atoms with van der Waals surface area (Å²) < 4.78 is 13.2. The predicted octanol–water partition coefficient (Wildman–Crippen LogP) is 3.50. The maximum atomic E-state index is 13.2. The van der Waals surface area contributed by atoms with Gasteiger partial charge in [0.2, 0.25) is 0 Å². The molecule has 0 saturated carbocycles. The lowest BCUT2D eigenvalue weighted by Gasteiger charge is -2.11. The van der Waals surface area contributed by atoms with Crippen molar-refractivity contribution in [3.8, 4) is 0 Å². The monoisotopic (exact) mass is 214 g/mol. The molecule has 1 atom stereocenters. The first kappa shape index (κ1) is 11.2. The third-order valence-electron chi connectivity index (χ3n) is 2.07. The number of carbonyl (C=O) groups is 1. The highest BCUT2D eigenvalue weighted by Crippen LogP contribution is 2.29. The van der Waals surface area contributed by atoms with Crippen molar-refractivity contribution >= 4 is 17.9 Å². The van der Waals surface area contributed by atoms with Crippen LogP contribution >= 0.6 is 11.6 Å². The molecule has 1 aromatic carbocycles. The molecule has 1 unspecified atom stereocenters. The molecule has 14 heavy (non-hydrogen) atoms. The molecule has 76 valence electrons. The Bertz CT molecular complexity index is 323. The second-order valence-corrected chi connectivity index (χ2v) is 3.54. The van der Waals surface area contributed by atoms with Crippen molar-refractivity contribution in [3.63, 3.8) is 0 Å². The number of hydrogen-bond acceptors (Lipinski definition) is 1. The van der Waals surface area contributed by atoms with Crippen LogP contribution in [-0.2, 0) is 11.2 Å². The maximum Gasteiger partial charge on any atom is 0.124 e. The summed E-state index contributed by atoms with van der Waals surface area (Å²) >= 11 is 5.87. The molecule has 1 rings (SSSR count). The van der Waals surface area contributed by atoms with Gasteiger partial charge in [-0.2, -0.15) is 0 Å². The molecule has 0 bridgehead atoms. The summed E-state index contributed by atoms with van der Waals surface area (Å²) in [5.74, 6) is 0. The SMILES string of the molecule is CC(F)c1c(Cl)cccc1CCC=O. The van der Waals surface area contributed by atoms with Crippen LogP contribution in [0.2, 0.25) is 5.02 Å². The second-order valence-electron chi connectivity index (χ2n) is 3.13. The topological polar surface area (TPSA) is 17.1 Å². The maximum absolute atomic E-state index is 13.2. The zero-order chi connectivity index (χ0) is 10.6. The van der Waals surface area contributed by atoms with E-state index in [1.807, 2.05) is 0 Å². The molecular weight excluding hydrogens is 203 g/mol. The highest BCUT2D eigenvalue weighted by Gasteiger charge is 2.12.